The number of benzene rings is 2. The van der Waals surface area contributed by atoms with Crippen molar-refractivity contribution in [1.82, 2.24) is 0 Å². The summed E-state index contributed by atoms with van der Waals surface area (Å²) in [5.41, 5.74) is 3.62. The molecule has 0 aliphatic carbocycles. The molecule has 2 aromatic rings. The molecule has 0 saturated heterocycles. The lowest BCUT2D eigenvalue weighted by atomic mass is 10.1. The Morgan fingerprint density at radius 2 is 1.83 bits per heavy atom. The number of carbonyl (C=O) groups excluding carboxylic acids is 2. The maximum atomic E-state index is 12.3. The number of amides is 2. The largest absolute Gasteiger partial charge is 0.495 e. The predicted octanol–water partition coefficient (Wildman–Crippen LogP) is 5.44. The molecule has 156 valence electrons. The van der Waals surface area contributed by atoms with Gasteiger partial charge in [-0.05, 0) is 62.3 Å². The molecular weight excluding hydrogens is 408 g/mol. The molecule has 5 nitrogen and oxygen atoms in total. The summed E-state index contributed by atoms with van der Waals surface area (Å²) in [6.07, 6.45) is 1.12. The number of ether oxygens (including phenoxy) is 1. The summed E-state index contributed by atoms with van der Waals surface area (Å²) in [5.74, 6) is 1.17. The van der Waals surface area contributed by atoms with Crippen LogP contribution in [0.3, 0.4) is 0 Å². The molecule has 0 aromatic heterocycles. The van der Waals surface area contributed by atoms with E-state index in [2.05, 4.69) is 10.6 Å². The van der Waals surface area contributed by atoms with Crippen molar-refractivity contribution in [2.24, 2.45) is 0 Å². The fourth-order valence-corrected chi connectivity index (χ4v) is 3.90. The molecule has 7 heteroatoms. The van der Waals surface area contributed by atoms with E-state index < -0.39 is 0 Å². The Morgan fingerprint density at radius 3 is 2.45 bits per heavy atom. The predicted molar refractivity (Wildman–Crippen MR) is 122 cm³/mol. The Morgan fingerprint density at radius 1 is 1.14 bits per heavy atom. The second kappa shape index (κ2) is 11.1. The van der Waals surface area contributed by atoms with Gasteiger partial charge in [0.1, 0.15) is 5.75 Å². The van der Waals surface area contributed by atoms with Gasteiger partial charge in [-0.3, -0.25) is 9.59 Å². The summed E-state index contributed by atoms with van der Waals surface area (Å²) < 4.78 is 5.11. The minimum atomic E-state index is -0.238. The Bertz CT molecular complexity index is 853. The first-order chi connectivity index (χ1) is 13.8. The zero-order valence-corrected chi connectivity index (χ0v) is 18.7. The van der Waals surface area contributed by atoms with Crippen LogP contribution in [0.4, 0.5) is 11.4 Å². The van der Waals surface area contributed by atoms with Crippen LogP contribution in [0.25, 0.3) is 0 Å². The van der Waals surface area contributed by atoms with Gasteiger partial charge in [0, 0.05) is 17.8 Å². The third-order valence-electron chi connectivity index (χ3n) is 4.45. The fraction of sp³-hybridized carbons (Fsp3) is 0.364. The first kappa shape index (κ1) is 23.1. The average Bonchev–Trinajstić information content (AvgIpc) is 2.68. The number of aryl methyl sites for hydroxylation is 2. The van der Waals surface area contributed by atoms with Gasteiger partial charge in [-0.15, -0.1) is 11.8 Å². The van der Waals surface area contributed by atoms with E-state index in [4.69, 9.17) is 16.3 Å². The van der Waals surface area contributed by atoms with E-state index in [0.29, 0.717) is 29.3 Å². The molecule has 29 heavy (non-hydrogen) atoms. The molecule has 0 saturated carbocycles. The van der Waals surface area contributed by atoms with E-state index in [-0.39, 0.29) is 17.1 Å². The number of carbonyl (C=O) groups is 2. The molecule has 0 bridgehead atoms. The van der Waals surface area contributed by atoms with Crippen molar-refractivity contribution in [3.8, 4) is 5.75 Å². The van der Waals surface area contributed by atoms with Crippen molar-refractivity contribution in [1.29, 1.82) is 0 Å². The number of nitrogens with one attached hydrogen (secondary N) is 2. The number of thioether (sulfide) groups is 1. The Kier molecular flexibility index (Phi) is 8.86. The lowest BCUT2D eigenvalue weighted by Gasteiger charge is -2.13. The number of rotatable bonds is 9. The molecular formula is C22H27ClN2O3S. The molecule has 0 aliphatic rings. The van der Waals surface area contributed by atoms with E-state index >= 15 is 0 Å². The van der Waals surface area contributed by atoms with Crippen molar-refractivity contribution in [3.05, 3.63) is 52.5 Å². The SMILES string of the molecule is COc1ccc(NC(=O)[C@@H](C)SCCCC(=O)Nc2c(C)cccc2C)cc1Cl. The van der Waals surface area contributed by atoms with E-state index in [1.54, 1.807) is 25.3 Å². The maximum absolute atomic E-state index is 12.3. The third-order valence-corrected chi connectivity index (χ3v) is 5.98. The first-order valence-electron chi connectivity index (χ1n) is 9.44. The highest BCUT2D eigenvalue weighted by Gasteiger charge is 2.15. The molecule has 0 heterocycles. The highest BCUT2D eigenvalue weighted by Crippen LogP contribution is 2.27. The zero-order chi connectivity index (χ0) is 21.4. The highest BCUT2D eigenvalue weighted by molar-refractivity contribution is 8.00. The summed E-state index contributed by atoms with van der Waals surface area (Å²) >= 11 is 7.60. The van der Waals surface area contributed by atoms with Crippen LogP contribution >= 0.6 is 23.4 Å². The van der Waals surface area contributed by atoms with Crippen molar-refractivity contribution in [2.45, 2.75) is 38.9 Å². The van der Waals surface area contributed by atoms with E-state index in [9.17, 15) is 9.59 Å². The quantitative estimate of drug-likeness (QED) is 0.515. The maximum Gasteiger partial charge on any atom is 0.237 e. The lowest BCUT2D eigenvalue weighted by Crippen LogP contribution is -2.23. The topological polar surface area (TPSA) is 67.4 Å². The number of anilines is 2. The molecule has 0 radical (unpaired) electrons. The van der Waals surface area contributed by atoms with Gasteiger partial charge in [0.2, 0.25) is 11.8 Å². The van der Waals surface area contributed by atoms with E-state index in [1.165, 1.54) is 11.8 Å². The van der Waals surface area contributed by atoms with E-state index in [1.807, 2.05) is 39.0 Å². The number of hydrogen-bond acceptors (Lipinski definition) is 4. The van der Waals surface area contributed by atoms with Crippen LogP contribution in [0.2, 0.25) is 5.02 Å². The smallest absolute Gasteiger partial charge is 0.237 e. The van der Waals surface area contributed by atoms with Crippen LogP contribution in [0.15, 0.2) is 36.4 Å². The minimum Gasteiger partial charge on any atom is -0.495 e. The van der Waals surface area contributed by atoms with Gasteiger partial charge in [-0.2, -0.15) is 0 Å². The van der Waals surface area contributed by atoms with Gasteiger partial charge in [0.05, 0.1) is 17.4 Å². The van der Waals surface area contributed by atoms with Crippen molar-refractivity contribution < 1.29 is 14.3 Å². The molecule has 0 unspecified atom stereocenters. The zero-order valence-electron chi connectivity index (χ0n) is 17.2. The second-order valence-electron chi connectivity index (χ2n) is 6.77. The minimum absolute atomic E-state index is 0.00650. The summed E-state index contributed by atoms with van der Waals surface area (Å²) in [6, 6.07) is 11.1. The summed E-state index contributed by atoms with van der Waals surface area (Å²) in [6.45, 7) is 5.81. The van der Waals surface area contributed by atoms with Crippen molar-refractivity contribution >= 4 is 46.6 Å². The van der Waals surface area contributed by atoms with Gasteiger partial charge in [0.25, 0.3) is 0 Å². The summed E-state index contributed by atoms with van der Waals surface area (Å²) in [4.78, 5) is 24.5. The van der Waals surface area contributed by atoms with E-state index in [0.717, 1.165) is 22.6 Å². The fourth-order valence-electron chi connectivity index (χ4n) is 2.77. The molecule has 2 amide bonds. The molecule has 0 spiro atoms. The van der Waals surface area contributed by atoms with Crippen molar-refractivity contribution in [3.63, 3.8) is 0 Å². The van der Waals surface area contributed by atoms with Gasteiger partial charge in [-0.25, -0.2) is 0 Å². The van der Waals surface area contributed by atoms with Crippen LogP contribution < -0.4 is 15.4 Å². The summed E-state index contributed by atoms with van der Waals surface area (Å²) in [5, 5.41) is 6.04. The van der Waals surface area contributed by atoms with Crippen LogP contribution in [0.5, 0.6) is 5.75 Å². The molecule has 2 rings (SSSR count). The molecule has 2 aromatic carbocycles. The second-order valence-corrected chi connectivity index (χ2v) is 8.63. The number of hydrogen-bond donors (Lipinski definition) is 2. The molecule has 0 fully saturated rings. The molecule has 1 atom stereocenters. The van der Waals surface area contributed by atoms with Gasteiger partial charge in [-0.1, -0.05) is 29.8 Å². The molecule has 2 N–H and O–H groups in total. The van der Waals surface area contributed by atoms with Crippen LogP contribution in [-0.4, -0.2) is 29.9 Å². The first-order valence-corrected chi connectivity index (χ1v) is 10.9. The Labute approximate surface area is 181 Å². The third kappa shape index (κ3) is 6.98. The van der Waals surface area contributed by atoms with Crippen LogP contribution in [0, 0.1) is 13.8 Å². The lowest BCUT2D eigenvalue weighted by molar-refractivity contribution is -0.116. The number of para-hydroxylation sites is 1. The average molecular weight is 435 g/mol. The van der Waals surface area contributed by atoms with Gasteiger partial charge >= 0.3 is 0 Å². The standard InChI is InChI=1S/C22H27ClN2O3S/c1-14-7-5-8-15(2)21(14)25-20(26)9-6-12-29-16(3)22(27)24-17-10-11-19(28-4)18(23)13-17/h5,7-8,10-11,13,16H,6,9,12H2,1-4H3,(H,24,27)(H,25,26)/t16-/m1/s1. The van der Waals surface area contributed by atoms with Gasteiger partial charge < -0.3 is 15.4 Å². The monoisotopic (exact) mass is 434 g/mol. The number of methoxy groups -OCH3 is 1. The Hall–Kier alpha value is -2.18. The number of halogens is 1. The Balaban J connectivity index is 1.73. The van der Waals surface area contributed by atoms with Crippen LogP contribution in [-0.2, 0) is 9.59 Å². The normalized spacial score (nSPS) is 11.6. The van der Waals surface area contributed by atoms with Crippen LogP contribution in [0.1, 0.15) is 30.9 Å². The van der Waals surface area contributed by atoms with Gasteiger partial charge in [0.15, 0.2) is 0 Å². The molecule has 0 aliphatic heterocycles. The van der Waals surface area contributed by atoms with Crippen molar-refractivity contribution in [2.75, 3.05) is 23.5 Å². The highest BCUT2D eigenvalue weighted by atomic mass is 35.5. The summed E-state index contributed by atoms with van der Waals surface area (Å²) in [7, 11) is 1.54.